The van der Waals surface area contributed by atoms with Crippen LogP contribution in [0.5, 0.6) is 0 Å². The molecule has 1 fully saturated rings. The van der Waals surface area contributed by atoms with Gasteiger partial charge in [0.2, 0.25) is 0 Å². The summed E-state index contributed by atoms with van der Waals surface area (Å²) in [6.45, 7) is 10.9. The van der Waals surface area contributed by atoms with Crippen LogP contribution in [-0.4, -0.2) is 54.9 Å². The quantitative estimate of drug-likeness (QED) is 0.599. The number of nitrogens with zero attached hydrogens (tertiary/aromatic N) is 1. The van der Waals surface area contributed by atoms with Crippen LogP contribution in [0.2, 0.25) is 0 Å². The van der Waals surface area contributed by atoms with Crippen molar-refractivity contribution >= 4 is 6.03 Å². The van der Waals surface area contributed by atoms with Crippen LogP contribution in [0.25, 0.3) is 0 Å². The SMILES string of the molecule is CC(C)CC(O)CNC(=O)NCCCN1CCCC(C)C1. The lowest BCUT2D eigenvalue weighted by Gasteiger charge is -2.30. The Morgan fingerprint density at radius 2 is 2.14 bits per heavy atom. The average Bonchev–Trinajstić information content (AvgIpc) is 2.41. The summed E-state index contributed by atoms with van der Waals surface area (Å²) < 4.78 is 0. The average molecular weight is 299 g/mol. The van der Waals surface area contributed by atoms with Gasteiger partial charge in [0.15, 0.2) is 0 Å². The molecule has 1 rings (SSSR count). The first-order chi connectivity index (χ1) is 9.97. The van der Waals surface area contributed by atoms with E-state index < -0.39 is 6.10 Å². The number of hydrogen-bond donors (Lipinski definition) is 3. The third-order valence-electron chi connectivity index (χ3n) is 3.92. The highest BCUT2D eigenvalue weighted by Gasteiger charge is 2.15. The first-order valence-corrected chi connectivity index (χ1v) is 8.39. The second kappa shape index (κ2) is 10.0. The normalized spacial score (nSPS) is 21.3. The molecule has 0 saturated carbocycles. The predicted molar refractivity (Wildman–Crippen MR) is 86.3 cm³/mol. The second-order valence-electron chi connectivity index (χ2n) is 6.82. The van der Waals surface area contributed by atoms with Crippen molar-refractivity contribution in [2.24, 2.45) is 11.8 Å². The van der Waals surface area contributed by atoms with Gasteiger partial charge in [0.1, 0.15) is 0 Å². The van der Waals surface area contributed by atoms with Crippen molar-refractivity contribution in [3.05, 3.63) is 0 Å². The number of aliphatic hydroxyl groups excluding tert-OH is 1. The maximum atomic E-state index is 11.6. The summed E-state index contributed by atoms with van der Waals surface area (Å²) in [6, 6.07) is -0.176. The highest BCUT2D eigenvalue weighted by molar-refractivity contribution is 5.73. The van der Waals surface area contributed by atoms with Crippen LogP contribution < -0.4 is 10.6 Å². The minimum Gasteiger partial charge on any atom is -0.391 e. The Morgan fingerprint density at radius 3 is 2.81 bits per heavy atom. The van der Waals surface area contributed by atoms with Gasteiger partial charge in [0.25, 0.3) is 0 Å². The summed E-state index contributed by atoms with van der Waals surface area (Å²) in [5, 5.41) is 15.3. The van der Waals surface area contributed by atoms with E-state index >= 15 is 0 Å². The number of carbonyl (C=O) groups excluding carboxylic acids is 1. The summed E-state index contributed by atoms with van der Waals surface area (Å²) >= 11 is 0. The number of piperidine rings is 1. The molecule has 5 nitrogen and oxygen atoms in total. The second-order valence-corrected chi connectivity index (χ2v) is 6.82. The fraction of sp³-hybridized carbons (Fsp3) is 0.938. The first-order valence-electron chi connectivity index (χ1n) is 8.39. The molecule has 5 heteroatoms. The molecule has 124 valence electrons. The molecule has 1 aliphatic heterocycles. The van der Waals surface area contributed by atoms with Gasteiger partial charge in [0, 0.05) is 19.6 Å². The van der Waals surface area contributed by atoms with Crippen molar-refractivity contribution in [3.8, 4) is 0 Å². The molecule has 0 spiro atoms. The fourth-order valence-corrected chi connectivity index (χ4v) is 2.89. The van der Waals surface area contributed by atoms with Gasteiger partial charge in [-0.2, -0.15) is 0 Å². The zero-order valence-electron chi connectivity index (χ0n) is 13.9. The summed E-state index contributed by atoms with van der Waals surface area (Å²) in [4.78, 5) is 14.1. The summed E-state index contributed by atoms with van der Waals surface area (Å²) in [5.74, 6) is 1.24. The van der Waals surface area contributed by atoms with E-state index in [4.69, 9.17) is 0 Å². The van der Waals surface area contributed by atoms with Crippen LogP contribution in [0.4, 0.5) is 4.79 Å². The maximum absolute atomic E-state index is 11.6. The van der Waals surface area contributed by atoms with Crippen molar-refractivity contribution in [3.63, 3.8) is 0 Å². The Morgan fingerprint density at radius 1 is 1.38 bits per heavy atom. The fourth-order valence-electron chi connectivity index (χ4n) is 2.89. The molecule has 0 aromatic carbocycles. The minimum absolute atomic E-state index is 0.176. The monoisotopic (exact) mass is 299 g/mol. The van der Waals surface area contributed by atoms with Crippen molar-refractivity contribution in [1.82, 2.24) is 15.5 Å². The lowest BCUT2D eigenvalue weighted by Crippen LogP contribution is -2.41. The van der Waals surface area contributed by atoms with Gasteiger partial charge < -0.3 is 20.6 Å². The molecule has 1 heterocycles. The molecule has 0 aromatic rings. The van der Waals surface area contributed by atoms with Gasteiger partial charge in [-0.3, -0.25) is 0 Å². The largest absolute Gasteiger partial charge is 0.391 e. The van der Waals surface area contributed by atoms with Gasteiger partial charge in [-0.05, 0) is 50.6 Å². The Hall–Kier alpha value is -0.810. The van der Waals surface area contributed by atoms with Crippen LogP contribution in [0.1, 0.15) is 46.5 Å². The van der Waals surface area contributed by atoms with Gasteiger partial charge in [-0.15, -0.1) is 0 Å². The molecule has 2 atom stereocenters. The van der Waals surface area contributed by atoms with Gasteiger partial charge in [-0.1, -0.05) is 20.8 Å². The molecule has 0 bridgehead atoms. The lowest BCUT2D eigenvalue weighted by molar-refractivity contribution is 0.146. The molecule has 3 N–H and O–H groups in total. The number of nitrogens with one attached hydrogen (secondary N) is 2. The number of aliphatic hydroxyl groups is 1. The lowest BCUT2D eigenvalue weighted by atomic mass is 10.0. The number of amides is 2. The molecule has 0 aliphatic carbocycles. The van der Waals surface area contributed by atoms with E-state index in [9.17, 15) is 9.90 Å². The highest BCUT2D eigenvalue weighted by atomic mass is 16.3. The Kier molecular flexibility index (Phi) is 8.69. The molecule has 0 aromatic heterocycles. The Bertz CT molecular complexity index is 297. The van der Waals surface area contributed by atoms with Crippen LogP contribution in [0.3, 0.4) is 0 Å². The van der Waals surface area contributed by atoms with E-state index in [1.54, 1.807) is 0 Å². The summed E-state index contributed by atoms with van der Waals surface area (Å²) in [5.41, 5.74) is 0. The number of rotatable bonds is 8. The van der Waals surface area contributed by atoms with Gasteiger partial charge in [-0.25, -0.2) is 4.79 Å². The van der Waals surface area contributed by atoms with Crippen molar-refractivity contribution in [2.45, 2.75) is 52.6 Å². The molecule has 21 heavy (non-hydrogen) atoms. The minimum atomic E-state index is -0.453. The third-order valence-corrected chi connectivity index (χ3v) is 3.92. The molecule has 1 saturated heterocycles. The van der Waals surface area contributed by atoms with Gasteiger partial charge in [0.05, 0.1) is 6.10 Å². The molecular formula is C16H33N3O2. The van der Waals surface area contributed by atoms with Crippen molar-refractivity contribution in [2.75, 3.05) is 32.7 Å². The summed E-state index contributed by atoms with van der Waals surface area (Å²) in [7, 11) is 0. The van der Waals surface area contributed by atoms with Crippen LogP contribution in [0, 0.1) is 11.8 Å². The van der Waals surface area contributed by atoms with Crippen molar-refractivity contribution < 1.29 is 9.90 Å². The molecule has 0 radical (unpaired) electrons. The van der Waals surface area contributed by atoms with E-state index in [-0.39, 0.29) is 6.03 Å². The van der Waals surface area contributed by atoms with E-state index in [0.717, 1.165) is 18.9 Å². The topological polar surface area (TPSA) is 64.6 Å². The standard InChI is InChI=1S/C16H33N3O2/c1-13(2)10-15(20)11-18-16(21)17-7-5-9-19-8-4-6-14(3)12-19/h13-15,20H,4-12H2,1-3H3,(H2,17,18,21). The number of hydrogen-bond acceptors (Lipinski definition) is 3. The van der Waals surface area contributed by atoms with Crippen LogP contribution in [-0.2, 0) is 0 Å². The third kappa shape index (κ3) is 8.94. The number of carbonyl (C=O) groups is 1. The maximum Gasteiger partial charge on any atom is 0.314 e. The van der Waals surface area contributed by atoms with E-state index in [1.807, 2.05) is 0 Å². The first kappa shape index (κ1) is 18.2. The highest BCUT2D eigenvalue weighted by Crippen LogP contribution is 2.15. The Labute approximate surface area is 129 Å². The van der Waals surface area contributed by atoms with Gasteiger partial charge >= 0.3 is 6.03 Å². The van der Waals surface area contributed by atoms with E-state index in [0.29, 0.717) is 25.4 Å². The van der Waals surface area contributed by atoms with E-state index in [1.165, 1.54) is 25.9 Å². The zero-order valence-corrected chi connectivity index (χ0v) is 13.9. The predicted octanol–water partition coefficient (Wildman–Crippen LogP) is 1.81. The van der Waals surface area contributed by atoms with Crippen LogP contribution >= 0.6 is 0 Å². The van der Waals surface area contributed by atoms with E-state index in [2.05, 4.69) is 36.3 Å². The smallest absolute Gasteiger partial charge is 0.314 e. The molecule has 2 unspecified atom stereocenters. The number of likely N-dealkylation sites (tertiary alicyclic amines) is 1. The van der Waals surface area contributed by atoms with Crippen molar-refractivity contribution in [1.29, 1.82) is 0 Å². The number of urea groups is 1. The zero-order chi connectivity index (χ0) is 15.7. The van der Waals surface area contributed by atoms with Crippen LogP contribution in [0.15, 0.2) is 0 Å². The molecule has 1 aliphatic rings. The molecular weight excluding hydrogens is 266 g/mol. The molecule has 2 amide bonds. The Balaban J connectivity index is 2.00. The summed E-state index contributed by atoms with van der Waals surface area (Å²) in [6.07, 6.45) is 3.88.